The van der Waals surface area contributed by atoms with Crippen LogP contribution >= 0.6 is 0 Å². The second-order valence-corrected chi connectivity index (χ2v) is 20.5. The van der Waals surface area contributed by atoms with Crippen molar-refractivity contribution in [1.29, 1.82) is 0 Å². The predicted octanol–water partition coefficient (Wildman–Crippen LogP) is 6.20. The molecule has 1 saturated carbocycles. The number of nitrogens with zero attached hydrogens (tertiary/aromatic N) is 6. The van der Waals surface area contributed by atoms with Gasteiger partial charge in [-0.1, -0.05) is 55.7 Å². The van der Waals surface area contributed by atoms with E-state index in [1.54, 1.807) is 39.0 Å². The molecule has 9 rings (SSSR count). The molecule has 20 heteroatoms. The molecule has 1 aliphatic carbocycles. The summed E-state index contributed by atoms with van der Waals surface area (Å²) in [6.07, 6.45) is 2.64. The van der Waals surface area contributed by atoms with E-state index < -0.39 is 47.5 Å². The van der Waals surface area contributed by atoms with E-state index in [1.165, 1.54) is 30.3 Å². The van der Waals surface area contributed by atoms with Crippen LogP contribution in [0.3, 0.4) is 0 Å². The number of aromatic amines is 1. The molecule has 396 valence electrons. The van der Waals surface area contributed by atoms with E-state index in [9.17, 15) is 41.9 Å². The molecule has 5 heterocycles. The molecule has 3 aromatic carbocycles. The van der Waals surface area contributed by atoms with Gasteiger partial charge >= 0.3 is 12.1 Å². The third kappa shape index (κ3) is 12.1. The van der Waals surface area contributed by atoms with Gasteiger partial charge in [-0.3, -0.25) is 33.7 Å². The van der Waals surface area contributed by atoms with Crippen LogP contribution in [0.5, 0.6) is 0 Å². The number of ether oxygens (including phenoxy) is 1. The normalized spacial score (nSPS) is 20.4. The van der Waals surface area contributed by atoms with Gasteiger partial charge in [-0.15, -0.1) is 0 Å². The Labute approximate surface area is 425 Å². The SMILES string of the molecule is O=C(N[C@@H](C(=O)N1CCC(OC2CCN(CC(=O)N3CCN(C(=O)c4cc(Cc5n[nH]c(=O)c6ccccc56)ccc4F)CC3)CC2)CC1)C1CCCCC1)c1cccc(C2CCCN(C(=O)C(F)(F)F)C2)c1F. The van der Waals surface area contributed by atoms with Crippen LogP contribution in [-0.4, -0.2) is 161 Å². The molecule has 4 aliphatic heterocycles. The Balaban J connectivity index is 0.717. The number of amides is 5. The molecule has 1 unspecified atom stereocenters. The average molecular weight is 1030 g/mol. The topological polar surface area (TPSA) is 169 Å². The minimum Gasteiger partial charge on any atom is -0.375 e. The van der Waals surface area contributed by atoms with Crippen LogP contribution in [0.25, 0.3) is 10.8 Å². The average Bonchev–Trinajstić information content (AvgIpc) is 3.41. The first-order valence-electron chi connectivity index (χ1n) is 26.0. The monoisotopic (exact) mass is 1030 g/mol. The van der Waals surface area contributed by atoms with E-state index in [0.717, 1.165) is 44.9 Å². The highest BCUT2D eigenvalue weighted by Gasteiger charge is 2.44. The Bertz CT molecular complexity index is 2760. The van der Waals surface area contributed by atoms with E-state index in [-0.39, 0.29) is 97.8 Å². The number of hydrogen-bond acceptors (Lipinski definition) is 9. The molecule has 0 bridgehead atoms. The lowest BCUT2D eigenvalue weighted by Gasteiger charge is -2.40. The molecule has 74 heavy (non-hydrogen) atoms. The summed E-state index contributed by atoms with van der Waals surface area (Å²) in [5.41, 5.74) is 0.664. The first-order valence-corrected chi connectivity index (χ1v) is 26.0. The van der Waals surface area contributed by atoms with E-state index in [1.807, 2.05) is 6.07 Å². The molecular formula is C54H63F5N8O7. The summed E-state index contributed by atoms with van der Waals surface area (Å²) >= 11 is 0. The highest BCUT2D eigenvalue weighted by molar-refractivity contribution is 5.98. The number of benzene rings is 3. The van der Waals surface area contributed by atoms with Crippen LogP contribution in [-0.2, 0) is 25.5 Å². The van der Waals surface area contributed by atoms with E-state index >= 15 is 8.78 Å². The maximum atomic E-state index is 16.1. The fourth-order valence-corrected chi connectivity index (χ4v) is 11.6. The number of aromatic nitrogens is 2. The molecule has 4 aromatic rings. The molecule has 1 aromatic heterocycles. The number of hydrogen-bond donors (Lipinski definition) is 2. The third-order valence-electron chi connectivity index (χ3n) is 15.7. The Morgan fingerprint density at radius 1 is 0.703 bits per heavy atom. The molecule has 2 atom stereocenters. The van der Waals surface area contributed by atoms with Gasteiger partial charge in [0.05, 0.1) is 41.0 Å². The van der Waals surface area contributed by atoms with Gasteiger partial charge in [0.25, 0.3) is 17.4 Å². The standard InChI is InChI=1S/C54H63F5N8O7/c55-44-16-15-34(31-45-40-11-4-5-12-41(40)50(70)62-61-45)30-43(44)51(71)66-28-26-64(27-29-66)46(68)33-63-22-17-37(18-23-63)74-38-19-24-65(25-20-38)52(72)48(35-8-2-1-3-9-35)60-49(69)42-14-6-13-39(47(42)56)36-10-7-21-67(32-36)53(73)54(57,58)59/h4-6,11-16,30,35-38,48H,1-3,7-10,17-29,31-33H2,(H,60,69)(H,62,70)/t36?,48-/m1/s1. The Morgan fingerprint density at radius 3 is 2.08 bits per heavy atom. The van der Waals surface area contributed by atoms with Crippen molar-refractivity contribution < 1.29 is 50.7 Å². The number of likely N-dealkylation sites (tertiary alicyclic amines) is 3. The molecule has 0 radical (unpaired) electrons. The number of carbonyl (C=O) groups excluding carboxylic acids is 5. The van der Waals surface area contributed by atoms with E-state index in [0.29, 0.717) is 85.5 Å². The summed E-state index contributed by atoms with van der Waals surface area (Å²) in [7, 11) is 0. The van der Waals surface area contributed by atoms with Crippen molar-refractivity contribution in [3.05, 3.63) is 111 Å². The van der Waals surface area contributed by atoms with Gasteiger partial charge in [-0.05, 0) is 92.7 Å². The van der Waals surface area contributed by atoms with Crippen molar-refractivity contribution >= 4 is 40.3 Å². The lowest BCUT2D eigenvalue weighted by atomic mass is 9.83. The molecule has 5 aliphatic rings. The molecule has 0 spiro atoms. The van der Waals surface area contributed by atoms with Gasteiger partial charge in [0.1, 0.15) is 17.7 Å². The van der Waals surface area contributed by atoms with Crippen LogP contribution in [0.4, 0.5) is 22.0 Å². The predicted molar refractivity (Wildman–Crippen MR) is 263 cm³/mol. The summed E-state index contributed by atoms with van der Waals surface area (Å²) in [4.78, 5) is 87.2. The first-order chi connectivity index (χ1) is 35.6. The van der Waals surface area contributed by atoms with E-state index in [4.69, 9.17) is 4.74 Å². The Kier molecular flexibility index (Phi) is 16.4. The number of fused-ring (bicyclic) bond motifs is 1. The van der Waals surface area contributed by atoms with Crippen molar-refractivity contribution in [3.63, 3.8) is 0 Å². The fourth-order valence-electron chi connectivity index (χ4n) is 11.6. The number of rotatable bonds is 12. The van der Waals surface area contributed by atoms with Crippen molar-refractivity contribution in [2.75, 3.05) is 72.0 Å². The van der Waals surface area contributed by atoms with Gasteiger partial charge in [-0.2, -0.15) is 18.3 Å². The zero-order valence-electron chi connectivity index (χ0n) is 41.4. The second kappa shape index (κ2) is 23.1. The molecule has 5 fully saturated rings. The molecule has 5 amide bonds. The summed E-state index contributed by atoms with van der Waals surface area (Å²) in [5, 5.41) is 10.8. The third-order valence-corrected chi connectivity index (χ3v) is 15.7. The van der Waals surface area contributed by atoms with Gasteiger partial charge < -0.3 is 29.7 Å². The number of carbonyl (C=O) groups is 5. The van der Waals surface area contributed by atoms with Gasteiger partial charge in [0.2, 0.25) is 11.8 Å². The van der Waals surface area contributed by atoms with E-state index in [2.05, 4.69) is 20.4 Å². The largest absolute Gasteiger partial charge is 0.471 e. The number of nitrogens with one attached hydrogen (secondary N) is 2. The molecular weight excluding hydrogens is 968 g/mol. The molecule has 15 nitrogen and oxygen atoms in total. The number of H-pyrrole nitrogens is 1. The summed E-state index contributed by atoms with van der Waals surface area (Å²) < 4.78 is 77.5. The first kappa shape index (κ1) is 52.6. The highest BCUT2D eigenvalue weighted by Crippen LogP contribution is 2.34. The van der Waals surface area contributed by atoms with Crippen molar-refractivity contribution in [1.82, 2.24) is 40.0 Å². The van der Waals surface area contributed by atoms with Gasteiger partial charge in [0, 0.05) is 83.2 Å². The summed E-state index contributed by atoms with van der Waals surface area (Å²) in [6.45, 7) is 3.15. The minimum atomic E-state index is -5.04. The zero-order chi connectivity index (χ0) is 52.1. The van der Waals surface area contributed by atoms with Crippen LogP contribution < -0.4 is 10.9 Å². The zero-order valence-corrected chi connectivity index (χ0v) is 41.4. The van der Waals surface area contributed by atoms with Crippen molar-refractivity contribution in [2.45, 2.75) is 107 Å². The number of halogens is 5. The highest BCUT2D eigenvalue weighted by atomic mass is 19.4. The quantitative estimate of drug-likeness (QED) is 0.157. The Morgan fingerprint density at radius 2 is 1.38 bits per heavy atom. The van der Waals surface area contributed by atoms with Crippen LogP contribution in [0, 0.1) is 17.6 Å². The summed E-state index contributed by atoms with van der Waals surface area (Å²) in [6, 6.07) is 14.8. The minimum absolute atomic E-state index is 0.0175. The van der Waals surface area contributed by atoms with Crippen molar-refractivity contribution in [2.24, 2.45) is 5.92 Å². The molecule has 4 saturated heterocycles. The second-order valence-electron chi connectivity index (χ2n) is 20.5. The lowest BCUT2D eigenvalue weighted by Crippen LogP contribution is -2.55. The Hall–Kier alpha value is -6.28. The fraction of sp³-hybridized carbons (Fsp3) is 0.537. The maximum absolute atomic E-state index is 16.1. The number of alkyl halides is 3. The lowest BCUT2D eigenvalue weighted by molar-refractivity contribution is -0.186. The maximum Gasteiger partial charge on any atom is 0.471 e. The summed E-state index contributed by atoms with van der Waals surface area (Å²) in [5.74, 6) is -5.83. The van der Waals surface area contributed by atoms with Crippen LogP contribution in [0.2, 0.25) is 0 Å². The van der Waals surface area contributed by atoms with Crippen LogP contribution in [0.1, 0.15) is 114 Å². The number of piperazine rings is 1. The van der Waals surface area contributed by atoms with Crippen molar-refractivity contribution in [3.8, 4) is 0 Å². The van der Waals surface area contributed by atoms with Gasteiger partial charge in [0.15, 0.2) is 0 Å². The smallest absolute Gasteiger partial charge is 0.375 e. The van der Waals surface area contributed by atoms with Gasteiger partial charge in [-0.25, -0.2) is 13.9 Å². The molecule has 2 N–H and O–H groups in total. The number of piperidine rings is 3. The van der Waals surface area contributed by atoms with Crippen LogP contribution in [0.15, 0.2) is 65.5 Å².